The Balaban J connectivity index is 1.76. The predicted molar refractivity (Wildman–Crippen MR) is 67.7 cm³/mol. The lowest BCUT2D eigenvalue weighted by Crippen LogP contribution is -2.40. The molecule has 2 fully saturated rings. The molecule has 0 aliphatic heterocycles. The van der Waals surface area contributed by atoms with E-state index in [-0.39, 0.29) is 5.60 Å². The van der Waals surface area contributed by atoms with Gasteiger partial charge in [-0.15, -0.1) is 0 Å². The predicted octanol–water partition coefficient (Wildman–Crippen LogP) is 3.12. The Hall–Kier alpha value is -0.0800. The molecule has 1 N–H and O–H groups in total. The minimum atomic E-state index is 0.187. The number of nitrogens with one attached hydrogen (secondary N) is 1. The van der Waals surface area contributed by atoms with Crippen molar-refractivity contribution < 1.29 is 4.74 Å². The van der Waals surface area contributed by atoms with Crippen molar-refractivity contribution in [3.8, 4) is 0 Å². The van der Waals surface area contributed by atoms with Gasteiger partial charge in [-0.05, 0) is 38.6 Å². The molecular formula is C14H27NO. The fourth-order valence-corrected chi connectivity index (χ4v) is 3.36. The molecule has 0 aromatic rings. The van der Waals surface area contributed by atoms with E-state index in [1.165, 1.54) is 57.8 Å². The number of hydrogen-bond acceptors (Lipinski definition) is 2. The van der Waals surface area contributed by atoms with Crippen molar-refractivity contribution in [1.29, 1.82) is 0 Å². The maximum Gasteiger partial charge on any atom is 0.0806 e. The largest absolute Gasteiger partial charge is 0.373 e. The van der Waals surface area contributed by atoms with Crippen molar-refractivity contribution in [3.05, 3.63) is 0 Å². The average molecular weight is 225 g/mol. The third-order valence-corrected chi connectivity index (χ3v) is 4.36. The molecule has 0 saturated heterocycles. The first-order chi connectivity index (χ1) is 7.85. The number of rotatable bonds is 5. The zero-order valence-electron chi connectivity index (χ0n) is 10.8. The van der Waals surface area contributed by atoms with E-state index in [4.69, 9.17) is 4.74 Å². The molecule has 2 aliphatic carbocycles. The Kier molecular flexibility index (Phi) is 4.66. The van der Waals surface area contributed by atoms with Gasteiger partial charge in [-0.3, -0.25) is 0 Å². The summed E-state index contributed by atoms with van der Waals surface area (Å²) >= 11 is 0. The lowest BCUT2D eigenvalue weighted by atomic mass is 9.89. The summed E-state index contributed by atoms with van der Waals surface area (Å²) in [6.45, 7) is 2.06. The second kappa shape index (κ2) is 6.02. The Morgan fingerprint density at radius 3 is 2.38 bits per heavy atom. The highest BCUT2D eigenvalue weighted by Gasteiger charge is 2.34. The van der Waals surface area contributed by atoms with Gasteiger partial charge in [0.1, 0.15) is 0 Å². The fraction of sp³-hybridized carbons (Fsp3) is 1.00. The number of ether oxygens (including phenoxy) is 1. The van der Waals surface area contributed by atoms with E-state index in [1.54, 1.807) is 0 Å². The van der Waals surface area contributed by atoms with Gasteiger partial charge >= 0.3 is 0 Å². The number of likely N-dealkylation sites (N-methyl/N-ethyl adjacent to an activating group) is 1. The highest BCUT2D eigenvalue weighted by Crippen LogP contribution is 2.34. The van der Waals surface area contributed by atoms with E-state index in [2.05, 4.69) is 5.32 Å². The van der Waals surface area contributed by atoms with Crippen LogP contribution in [0.5, 0.6) is 0 Å². The van der Waals surface area contributed by atoms with E-state index in [0.717, 1.165) is 19.1 Å². The van der Waals surface area contributed by atoms with Gasteiger partial charge in [-0.1, -0.05) is 32.1 Å². The quantitative estimate of drug-likeness (QED) is 0.776. The average Bonchev–Trinajstić information content (AvgIpc) is 2.78. The van der Waals surface area contributed by atoms with Gasteiger partial charge in [-0.25, -0.2) is 0 Å². The summed E-state index contributed by atoms with van der Waals surface area (Å²) in [5.41, 5.74) is 0.187. The van der Waals surface area contributed by atoms with Crippen molar-refractivity contribution in [2.45, 2.75) is 63.4 Å². The zero-order chi connectivity index (χ0) is 11.3. The van der Waals surface area contributed by atoms with E-state index >= 15 is 0 Å². The van der Waals surface area contributed by atoms with E-state index in [9.17, 15) is 0 Å². The molecule has 0 atom stereocenters. The molecule has 0 amide bonds. The second-order valence-electron chi connectivity index (χ2n) is 5.74. The lowest BCUT2D eigenvalue weighted by molar-refractivity contribution is -0.0584. The van der Waals surface area contributed by atoms with Crippen molar-refractivity contribution in [1.82, 2.24) is 5.32 Å². The second-order valence-corrected chi connectivity index (χ2v) is 5.74. The van der Waals surface area contributed by atoms with Crippen LogP contribution in [0.4, 0.5) is 0 Å². The monoisotopic (exact) mass is 225 g/mol. The molecule has 2 aliphatic rings. The SMILES string of the molecule is CNCC1(OCC2CCCCC2)CCCC1. The normalized spacial score (nSPS) is 26.1. The van der Waals surface area contributed by atoms with E-state index < -0.39 is 0 Å². The van der Waals surface area contributed by atoms with Crippen molar-refractivity contribution in [2.24, 2.45) is 5.92 Å². The number of hydrogen-bond donors (Lipinski definition) is 1. The smallest absolute Gasteiger partial charge is 0.0806 e. The third-order valence-electron chi connectivity index (χ3n) is 4.36. The molecule has 0 spiro atoms. The molecule has 0 unspecified atom stereocenters. The minimum Gasteiger partial charge on any atom is -0.373 e. The summed E-state index contributed by atoms with van der Waals surface area (Å²) in [7, 11) is 2.05. The summed E-state index contributed by atoms with van der Waals surface area (Å²) in [5.74, 6) is 0.850. The first kappa shape index (κ1) is 12.4. The van der Waals surface area contributed by atoms with Crippen LogP contribution < -0.4 is 5.32 Å². The van der Waals surface area contributed by atoms with Crippen LogP contribution in [-0.4, -0.2) is 25.8 Å². The first-order valence-corrected chi connectivity index (χ1v) is 7.13. The van der Waals surface area contributed by atoms with Gasteiger partial charge in [0.15, 0.2) is 0 Å². The summed E-state index contributed by atoms with van der Waals surface area (Å²) in [6, 6.07) is 0. The Morgan fingerprint density at radius 2 is 1.75 bits per heavy atom. The standard InChI is InChI=1S/C14H27NO/c1-15-12-14(9-5-6-10-14)16-11-13-7-3-2-4-8-13/h13,15H,2-12H2,1H3. The maximum atomic E-state index is 6.31. The Labute approximate surface area is 100 Å². The molecular weight excluding hydrogens is 198 g/mol. The first-order valence-electron chi connectivity index (χ1n) is 7.13. The summed E-state index contributed by atoms with van der Waals surface area (Å²) < 4.78 is 6.31. The highest BCUT2D eigenvalue weighted by molar-refractivity contribution is 4.88. The van der Waals surface area contributed by atoms with Crippen molar-refractivity contribution in [3.63, 3.8) is 0 Å². The van der Waals surface area contributed by atoms with Crippen LogP contribution in [0.3, 0.4) is 0 Å². The lowest BCUT2D eigenvalue weighted by Gasteiger charge is -2.32. The Bertz CT molecular complexity index is 193. The van der Waals surface area contributed by atoms with Crippen LogP contribution in [0.25, 0.3) is 0 Å². The summed E-state index contributed by atoms with van der Waals surface area (Å²) in [4.78, 5) is 0. The molecule has 0 heterocycles. The van der Waals surface area contributed by atoms with Gasteiger partial charge in [0.05, 0.1) is 12.2 Å². The van der Waals surface area contributed by atoms with Gasteiger partial charge in [0, 0.05) is 6.54 Å². The summed E-state index contributed by atoms with van der Waals surface area (Å²) in [5, 5.41) is 3.31. The van der Waals surface area contributed by atoms with Crippen molar-refractivity contribution >= 4 is 0 Å². The summed E-state index contributed by atoms with van der Waals surface area (Å²) in [6.07, 6.45) is 12.3. The molecule has 0 radical (unpaired) electrons. The molecule has 2 rings (SSSR count). The van der Waals surface area contributed by atoms with Crippen LogP contribution in [0.2, 0.25) is 0 Å². The fourth-order valence-electron chi connectivity index (χ4n) is 3.36. The van der Waals surface area contributed by atoms with Crippen LogP contribution in [-0.2, 0) is 4.74 Å². The Morgan fingerprint density at radius 1 is 1.06 bits per heavy atom. The van der Waals surface area contributed by atoms with Gasteiger partial charge in [-0.2, -0.15) is 0 Å². The van der Waals surface area contributed by atoms with E-state index in [1.807, 2.05) is 7.05 Å². The highest BCUT2D eigenvalue weighted by atomic mass is 16.5. The maximum absolute atomic E-state index is 6.31. The van der Waals surface area contributed by atoms with Crippen LogP contribution >= 0.6 is 0 Å². The molecule has 2 heteroatoms. The third kappa shape index (κ3) is 3.21. The van der Waals surface area contributed by atoms with Crippen LogP contribution in [0.15, 0.2) is 0 Å². The topological polar surface area (TPSA) is 21.3 Å². The van der Waals surface area contributed by atoms with E-state index in [0.29, 0.717) is 0 Å². The molecule has 2 saturated carbocycles. The molecule has 0 bridgehead atoms. The molecule has 16 heavy (non-hydrogen) atoms. The molecule has 0 aromatic heterocycles. The van der Waals surface area contributed by atoms with Gasteiger partial charge < -0.3 is 10.1 Å². The van der Waals surface area contributed by atoms with Crippen LogP contribution in [0, 0.1) is 5.92 Å². The zero-order valence-corrected chi connectivity index (χ0v) is 10.8. The molecule has 2 nitrogen and oxygen atoms in total. The van der Waals surface area contributed by atoms with Gasteiger partial charge in [0.25, 0.3) is 0 Å². The molecule has 0 aromatic carbocycles. The van der Waals surface area contributed by atoms with Crippen LogP contribution in [0.1, 0.15) is 57.8 Å². The van der Waals surface area contributed by atoms with Crippen molar-refractivity contribution in [2.75, 3.05) is 20.2 Å². The molecule has 94 valence electrons. The minimum absolute atomic E-state index is 0.187. The van der Waals surface area contributed by atoms with Gasteiger partial charge in [0.2, 0.25) is 0 Å².